The molecule has 0 spiro atoms. The zero-order chi connectivity index (χ0) is 20.9. The van der Waals surface area contributed by atoms with E-state index >= 15 is 0 Å². The average Bonchev–Trinajstić information content (AvgIpc) is 2.64. The molecule has 0 bridgehead atoms. The van der Waals surface area contributed by atoms with Gasteiger partial charge in [-0.15, -0.1) is 5.75 Å². The number of carboxylic acids is 1. The number of hydrogen-bond acceptors (Lipinski definition) is 8. The number of carbonyl (C=O) groups excluding carboxylic acids is 1. The summed E-state index contributed by atoms with van der Waals surface area (Å²) in [6.45, 7) is 0. The smallest absolute Gasteiger partial charge is 0.872 e. The van der Waals surface area contributed by atoms with Gasteiger partial charge in [-0.25, -0.2) is 8.42 Å². The van der Waals surface area contributed by atoms with Crippen molar-refractivity contribution >= 4 is 27.1 Å². The van der Waals surface area contributed by atoms with Crippen molar-refractivity contribution in [2.75, 3.05) is 0 Å². The van der Waals surface area contributed by atoms with E-state index in [1.54, 1.807) is 0 Å². The van der Waals surface area contributed by atoms with Crippen LogP contribution < -0.4 is 104 Å². The molecule has 0 fully saturated rings. The van der Waals surface area contributed by atoms with E-state index in [0.717, 1.165) is 12.1 Å². The molecule has 0 N–H and O–H groups in total. The Morgan fingerprint density at radius 1 is 0.875 bits per heavy atom. The summed E-state index contributed by atoms with van der Waals surface area (Å²) in [5.74, 6) is -1.96. The van der Waals surface area contributed by atoms with E-state index in [0.29, 0.717) is 10.9 Å². The normalized spacial score (nSPS) is 10.7. The second kappa shape index (κ2) is 11.2. The van der Waals surface area contributed by atoms with Crippen LogP contribution in [0.25, 0.3) is 33.4 Å². The minimum atomic E-state index is -4.90. The van der Waals surface area contributed by atoms with Gasteiger partial charge in [-0.05, 0) is 35.9 Å². The summed E-state index contributed by atoms with van der Waals surface area (Å²) < 4.78 is 39.5. The molecule has 0 unspecified atom stereocenters. The standard InChI is InChI=1S/C20H12O8S.3Na/c21-10-1-4-14-17(7-10)28-18-8-11(22)2-5-15(18)19(14)13-6-3-12(29(25,26)27)9-16(13)20(23)24;;;/h1-9,21H,(H,23,24)(H,25,26,27);;;/q;3*+1/p-3. The molecule has 2 aliphatic rings. The van der Waals surface area contributed by atoms with Crippen LogP contribution in [0.5, 0.6) is 5.75 Å². The van der Waals surface area contributed by atoms with E-state index in [4.69, 9.17) is 4.42 Å². The average molecular weight is 478 g/mol. The third-order valence-electron chi connectivity index (χ3n) is 4.43. The van der Waals surface area contributed by atoms with Gasteiger partial charge in [0.15, 0.2) is 5.43 Å². The largest absolute Gasteiger partial charge is 1.00 e. The summed E-state index contributed by atoms with van der Waals surface area (Å²) in [7, 11) is -4.90. The third-order valence-corrected chi connectivity index (χ3v) is 5.26. The maximum absolute atomic E-state index is 11.7. The Bertz CT molecular complexity index is 1450. The molecular formula is C20H9Na3O8S. The summed E-state index contributed by atoms with van der Waals surface area (Å²) in [4.78, 5) is 22.7. The Labute approximate surface area is 248 Å². The van der Waals surface area contributed by atoms with Gasteiger partial charge in [-0.2, -0.15) is 0 Å². The number of aromatic carboxylic acids is 1. The van der Waals surface area contributed by atoms with Crippen molar-refractivity contribution in [3.8, 4) is 28.2 Å². The molecule has 0 saturated heterocycles. The minimum Gasteiger partial charge on any atom is -0.872 e. The SMILES string of the molecule is O=C([O-])c1cc(S(=O)(=O)[O-])ccc1-c1c2ccc(=O)cc-2oc2cc([O-])ccc12.[Na+].[Na+].[Na+]. The molecule has 1 heterocycles. The Hall–Kier alpha value is -0.690. The maximum Gasteiger partial charge on any atom is 1.00 e. The fraction of sp³-hybridized carbons (Fsp3) is 0. The van der Waals surface area contributed by atoms with Gasteiger partial charge in [-0.3, -0.25) is 4.79 Å². The van der Waals surface area contributed by atoms with Crippen molar-refractivity contribution in [2.24, 2.45) is 0 Å². The minimum absolute atomic E-state index is 0. The maximum atomic E-state index is 11.7. The predicted molar refractivity (Wildman–Crippen MR) is 96.3 cm³/mol. The zero-order valence-corrected chi connectivity index (χ0v) is 24.2. The predicted octanol–water partition coefficient (Wildman–Crippen LogP) is -8.08. The Kier molecular flexibility index (Phi) is 10.2. The van der Waals surface area contributed by atoms with Gasteiger partial charge in [0.1, 0.15) is 21.5 Å². The summed E-state index contributed by atoms with van der Waals surface area (Å²) in [5, 5.41) is 23.8. The Morgan fingerprint density at radius 3 is 2.16 bits per heavy atom. The van der Waals surface area contributed by atoms with Gasteiger partial charge in [0.2, 0.25) is 0 Å². The first kappa shape index (κ1) is 29.3. The quantitative estimate of drug-likeness (QED) is 0.160. The first-order valence-electron chi connectivity index (χ1n) is 8.14. The van der Waals surface area contributed by atoms with E-state index in [-0.39, 0.29) is 122 Å². The number of carbonyl (C=O) groups is 1. The van der Waals surface area contributed by atoms with E-state index in [2.05, 4.69) is 0 Å². The number of fused-ring (bicyclic) bond motifs is 2. The second-order valence-electron chi connectivity index (χ2n) is 6.24. The molecule has 1 aliphatic heterocycles. The Morgan fingerprint density at radius 2 is 1.53 bits per heavy atom. The van der Waals surface area contributed by atoms with Crippen LogP contribution in [0.1, 0.15) is 10.4 Å². The van der Waals surface area contributed by atoms with Crippen molar-refractivity contribution in [3.63, 3.8) is 0 Å². The third kappa shape index (κ3) is 5.68. The first-order valence-corrected chi connectivity index (χ1v) is 9.55. The zero-order valence-electron chi connectivity index (χ0n) is 17.4. The van der Waals surface area contributed by atoms with Crippen molar-refractivity contribution < 1.29 is 121 Å². The van der Waals surface area contributed by atoms with E-state index < -0.39 is 26.5 Å². The molecule has 0 radical (unpaired) electrons. The molecule has 146 valence electrons. The molecule has 4 rings (SSSR count). The molecular weight excluding hydrogens is 469 g/mol. The molecule has 8 nitrogen and oxygen atoms in total. The van der Waals surface area contributed by atoms with Crippen LogP contribution in [0.15, 0.2) is 68.7 Å². The van der Waals surface area contributed by atoms with Crippen molar-refractivity contribution in [1.82, 2.24) is 0 Å². The van der Waals surface area contributed by atoms with Gasteiger partial charge in [0, 0.05) is 28.1 Å². The fourth-order valence-corrected chi connectivity index (χ4v) is 3.70. The van der Waals surface area contributed by atoms with E-state index in [9.17, 15) is 32.8 Å². The second-order valence-corrected chi connectivity index (χ2v) is 7.62. The van der Waals surface area contributed by atoms with Crippen LogP contribution in [-0.2, 0) is 10.1 Å². The van der Waals surface area contributed by atoms with E-state index in [1.807, 2.05) is 0 Å². The fourth-order valence-electron chi connectivity index (χ4n) is 3.21. The first-order chi connectivity index (χ1) is 13.6. The van der Waals surface area contributed by atoms with Crippen LogP contribution in [0.3, 0.4) is 0 Å². The van der Waals surface area contributed by atoms with Crippen LogP contribution in [0.4, 0.5) is 0 Å². The van der Waals surface area contributed by atoms with Gasteiger partial charge in [0.05, 0.1) is 10.9 Å². The molecule has 2 aromatic carbocycles. The molecule has 32 heavy (non-hydrogen) atoms. The monoisotopic (exact) mass is 478 g/mol. The number of rotatable bonds is 3. The van der Waals surface area contributed by atoms with E-state index in [1.165, 1.54) is 42.5 Å². The van der Waals surface area contributed by atoms with Crippen molar-refractivity contribution in [2.45, 2.75) is 4.90 Å². The van der Waals surface area contributed by atoms with Gasteiger partial charge < -0.3 is 24.0 Å². The van der Waals surface area contributed by atoms with Crippen molar-refractivity contribution in [3.05, 3.63) is 70.4 Å². The molecule has 1 aliphatic carbocycles. The number of carboxylic acid groups (broad SMARTS) is 1. The summed E-state index contributed by atoms with van der Waals surface area (Å²) in [6, 6.07) is 10.6. The van der Waals surface area contributed by atoms with Crippen LogP contribution in [0.2, 0.25) is 0 Å². The molecule has 12 heteroatoms. The van der Waals surface area contributed by atoms with Crippen LogP contribution in [-0.4, -0.2) is 18.9 Å². The Balaban J connectivity index is 0.00000171. The number of hydrogen-bond donors (Lipinski definition) is 0. The van der Waals surface area contributed by atoms with Crippen molar-refractivity contribution in [1.29, 1.82) is 0 Å². The van der Waals surface area contributed by atoms with Gasteiger partial charge >= 0.3 is 88.7 Å². The van der Waals surface area contributed by atoms with Gasteiger partial charge in [0.25, 0.3) is 0 Å². The van der Waals surface area contributed by atoms with Crippen LogP contribution in [0, 0.1) is 0 Å². The summed E-state index contributed by atoms with van der Waals surface area (Å²) in [5.41, 5.74) is -0.104. The molecule has 2 aromatic rings. The van der Waals surface area contributed by atoms with Crippen LogP contribution >= 0.6 is 0 Å². The molecule has 0 saturated carbocycles. The summed E-state index contributed by atoms with van der Waals surface area (Å²) in [6.07, 6.45) is 0. The van der Waals surface area contributed by atoms with Gasteiger partial charge in [-0.1, -0.05) is 18.2 Å². The molecule has 0 atom stereocenters. The molecule has 0 amide bonds. The number of benzene rings is 3. The molecule has 0 aromatic heterocycles. The summed E-state index contributed by atoms with van der Waals surface area (Å²) >= 11 is 0. The topological polar surface area (TPSA) is 151 Å².